The van der Waals surface area contributed by atoms with Gasteiger partial charge in [0.25, 0.3) is 6.43 Å². The van der Waals surface area contributed by atoms with Gasteiger partial charge < -0.3 is 5.32 Å². The van der Waals surface area contributed by atoms with E-state index in [-0.39, 0.29) is 5.56 Å². The van der Waals surface area contributed by atoms with Crippen LogP contribution in [0.1, 0.15) is 30.0 Å². The summed E-state index contributed by atoms with van der Waals surface area (Å²) in [5, 5.41) is 3.03. The Morgan fingerprint density at radius 2 is 2.13 bits per heavy atom. The van der Waals surface area contributed by atoms with E-state index in [1.165, 1.54) is 6.07 Å². The first-order valence-electron chi connectivity index (χ1n) is 4.78. The van der Waals surface area contributed by atoms with Crippen molar-refractivity contribution < 1.29 is 8.78 Å². The Hall–Kier alpha value is -1.38. The Labute approximate surface area is 88.8 Å². The van der Waals surface area contributed by atoms with Gasteiger partial charge in [-0.2, -0.15) is 0 Å². The number of halogens is 2. The molecule has 0 spiro atoms. The highest BCUT2D eigenvalue weighted by Gasteiger charge is 2.12. The van der Waals surface area contributed by atoms with E-state index < -0.39 is 6.43 Å². The fourth-order valence-corrected chi connectivity index (χ4v) is 1.38. The summed E-state index contributed by atoms with van der Waals surface area (Å²) in [7, 11) is 0. The maximum Gasteiger partial charge on any atom is 0.264 e. The molecule has 0 saturated heterocycles. The molecule has 0 amide bonds. The molecule has 0 unspecified atom stereocenters. The van der Waals surface area contributed by atoms with Crippen LogP contribution in [0, 0.1) is 6.92 Å². The van der Waals surface area contributed by atoms with Crippen LogP contribution in [0.5, 0.6) is 0 Å². The fourth-order valence-electron chi connectivity index (χ4n) is 1.38. The third kappa shape index (κ3) is 3.05. The first kappa shape index (κ1) is 11.7. The van der Waals surface area contributed by atoms with Gasteiger partial charge in [0.2, 0.25) is 0 Å². The predicted octanol–water partition coefficient (Wildman–Crippen LogP) is 3.56. The second-order valence-corrected chi connectivity index (χ2v) is 3.57. The molecule has 1 aromatic rings. The van der Waals surface area contributed by atoms with E-state index in [1.54, 1.807) is 13.0 Å². The standard InChI is InChI=1S/C12H15F2N/c1-8(2)15-7-10-5-4-6-11(9(10)3)12(13)14/h4-6,12,15H,1,7H2,2-3H3. The summed E-state index contributed by atoms with van der Waals surface area (Å²) in [6.07, 6.45) is -2.41. The highest BCUT2D eigenvalue weighted by atomic mass is 19.3. The Morgan fingerprint density at radius 3 is 2.67 bits per heavy atom. The molecule has 1 nitrogen and oxygen atoms in total. The Morgan fingerprint density at radius 1 is 1.47 bits per heavy atom. The van der Waals surface area contributed by atoms with E-state index in [0.29, 0.717) is 12.1 Å². The molecule has 0 atom stereocenters. The van der Waals surface area contributed by atoms with Crippen molar-refractivity contribution in [2.75, 3.05) is 0 Å². The summed E-state index contributed by atoms with van der Waals surface area (Å²) >= 11 is 0. The topological polar surface area (TPSA) is 12.0 Å². The second-order valence-electron chi connectivity index (χ2n) is 3.57. The first-order valence-corrected chi connectivity index (χ1v) is 4.78. The summed E-state index contributed by atoms with van der Waals surface area (Å²) in [5.41, 5.74) is 2.48. The van der Waals surface area contributed by atoms with Crippen LogP contribution in [-0.4, -0.2) is 0 Å². The van der Waals surface area contributed by atoms with E-state index >= 15 is 0 Å². The summed E-state index contributed by atoms with van der Waals surface area (Å²) in [6.45, 7) is 7.80. The lowest BCUT2D eigenvalue weighted by molar-refractivity contribution is 0.150. The molecule has 0 aliphatic heterocycles. The lowest BCUT2D eigenvalue weighted by Gasteiger charge is -2.12. The summed E-state index contributed by atoms with van der Waals surface area (Å²) in [4.78, 5) is 0. The molecule has 3 heteroatoms. The van der Waals surface area contributed by atoms with E-state index in [1.807, 2.05) is 13.0 Å². The lowest BCUT2D eigenvalue weighted by Crippen LogP contribution is -2.11. The van der Waals surface area contributed by atoms with Crippen molar-refractivity contribution in [2.24, 2.45) is 0 Å². The average Bonchev–Trinajstić information content (AvgIpc) is 2.15. The smallest absolute Gasteiger partial charge is 0.264 e. The number of alkyl halides is 2. The van der Waals surface area contributed by atoms with Crippen LogP contribution in [-0.2, 0) is 6.54 Å². The highest BCUT2D eigenvalue weighted by Crippen LogP contribution is 2.24. The number of nitrogens with one attached hydrogen (secondary N) is 1. The molecule has 1 N–H and O–H groups in total. The summed E-state index contributed by atoms with van der Waals surface area (Å²) < 4.78 is 25.1. The van der Waals surface area contributed by atoms with Gasteiger partial charge in [0.15, 0.2) is 0 Å². The molecule has 15 heavy (non-hydrogen) atoms. The van der Waals surface area contributed by atoms with Gasteiger partial charge in [0.05, 0.1) is 0 Å². The molecule has 0 bridgehead atoms. The van der Waals surface area contributed by atoms with Crippen molar-refractivity contribution in [2.45, 2.75) is 26.8 Å². The van der Waals surface area contributed by atoms with Crippen molar-refractivity contribution in [3.8, 4) is 0 Å². The van der Waals surface area contributed by atoms with Gasteiger partial charge in [-0.1, -0.05) is 24.8 Å². The van der Waals surface area contributed by atoms with Gasteiger partial charge in [-0.25, -0.2) is 8.78 Å². The van der Waals surface area contributed by atoms with Crippen LogP contribution in [0.15, 0.2) is 30.5 Å². The van der Waals surface area contributed by atoms with E-state index in [0.717, 1.165) is 11.3 Å². The maximum absolute atomic E-state index is 12.6. The maximum atomic E-state index is 12.6. The second kappa shape index (κ2) is 4.91. The molecule has 1 aromatic carbocycles. The average molecular weight is 211 g/mol. The largest absolute Gasteiger partial charge is 0.385 e. The molecule has 0 aliphatic carbocycles. The van der Waals surface area contributed by atoms with Gasteiger partial charge in [-0.15, -0.1) is 0 Å². The number of allylic oxidation sites excluding steroid dienone is 1. The normalized spacial score (nSPS) is 10.5. The quantitative estimate of drug-likeness (QED) is 0.803. The number of hydrogen-bond acceptors (Lipinski definition) is 1. The van der Waals surface area contributed by atoms with Crippen molar-refractivity contribution in [3.63, 3.8) is 0 Å². The van der Waals surface area contributed by atoms with Crippen LogP contribution in [0.25, 0.3) is 0 Å². The SMILES string of the molecule is C=C(C)NCc1cccc(C(F)F)c1C. The van der Waals surface area contributed by atoms with Crippen LogP contribution < -0.4 is 5.32 Å². The molecule has 0 heterocycles. The molecule has 0 saturated carbocycles. The highest BCUT2D eigenvalue weighted by molar-refractivity contribution is 5.35. The van der Waals surface area contributed by atoms with E-state index in [9.17, 15) is 8.78 Å². The number of benzene rings is 1. The van der Waals surface area contributed by atoms with E-state index in [2.05, 4.69) is 11.9 Å². The Kier molecular flexibility index (Phi) is 3.83. The van der Waals surface area contributed by atoms with Crippen molar-refractivity contribution in [1.82, 2.24) is 5.32 Å². The van der Waals surface area contributed by atoms with Crippen molar-refractivity contribution in [1.29, 1.82) is 0 Å². The number of rotatable bonds is 4. The van der Waals surface area contributed by atoms with Crippen molar-refractivity contribution in [3.05, 3.63) is 47.2 Å². The van der Waals surface area contributed by atoms with Crippen LogP contribution >= 0.6 is 0 Å². The number of hydrogen-bond donors (Lipinski definition) is 1. The van der Waals surface area contributed by atoms with Crippen LogP contribution in [0.3, 0.4) is 0 Å². The summed E-state index contributed by atoms with van der Waals surface area (Å²) in [6, 6.07) is 4.96. The van der Waals surface area contributed by atoms with Gasteiger partial charge in [0.1, 0.15) is 0 Å². The zero-order valence-electron chi connectivity index (χ0n) is 8.98. The molecule has 0 aliphatic rings. The molecule has 0 aromatic heterocycles. The first-order chi connectivity index (χ1) is 7.02. The fraction of sp³-hybridized carbons (Fsp3) is 0.333. The zero-order valence-corrected chi connectivity index (χ0v) is 8.98. The van der Waals surface area contributed by atoms with Gasteiger partial charge in [-0.05, 0) is 25.0 Å². The van der Waals surface area contributed by atoms with Crippen LogP contribution in [0.4, 0.5) is 8.78 Å². The summed E-state index contributed by atoms with van der Waals surface area (Å²) in [5.74, 6) is 0. The van der Waals surface area contributed by atoms with Crippen molar-refractivity contribution >= 4 is 0 Å². The third-order valence-corrected chi connectivity index (χ3v) is 2.30. The molecule has 0 radical (unpaired) electrons. The zero-order chi connectivity index (χ0) is 11.4. The minimum absolute atomic E-state index is 0.107. The Balaban J connectivity index is 2.89. The lowest BCUT2D eigenvalue weighted by atomic mass is 10.0. The Bertz CT molecular complexity index is 359. The molecular formula is C12H15F2N. The minimum atomic E-state index is -2.41. The third-order valence-electron chi connectivity index (χ3n) is 2.30. The molecule has 0 fully saturated rings. The molecule has 82 valence electrons. The van der Waals surface area contributed by atoms with Gasteiger partial charge in [0, 0.05) is 17.8 Å². The van der Waals surface area contributed by atoms with Gasteiger partial charge in [-0.3, -0.25) is 0 Å². The van der Waals surface area contributed by atoms with Crippen LogP contribution in [0.2, 0.25) is 0 Å². The monoisotopic (exact) mass is 211 g/mol. The van der Waals surface area contributed by atoms with E-state index in [4.69, 9.17) is 0 Å². The molecular weight excluding hydrogens is 196 g/mol. The minimum Gasteiger partial charge on any atom is -0.385 e. The van der Waals surface area contributed by atoms with Gasteiger partial charge >= 0.3 is 0 Å². The molecule has 1 rings (SSSR count). The predicted molar refractivity (Wildman–Crippen MR) is 57.8 cm³/mol.